The number of halogens is 4. The molecular formula is C20H14BrCl2FN2O. The number of hydrogen-bond donors (Lipinski definition) is 1. The number of anilines is 1. The molecule has 0 aromatic heterocycles. The van der Waals surface area contributed by atoms with E-state index in [0.29, 0.717) is 28.1 Å². The number of hydrogen-bond acceptors (Lipinski definition) is 3. The molecule has 0 bridgehead atoms. The van der Waals surface area contributed by atoms with Gasteiger partial charge in [0.05, 0.1) is 21.9 Å². The Labute approximate surface area is 174 Å². The van der Waals surface area contributed by atoms with Gasteiger partial charge in [-0.15, -0.1) is 0 Å². The Hall–Kier alpha value is -2.08. The highest BCUT2D eigenvalue weighted by molar-refractivity contribution is 9.10. The molecule has 0 atom stereocenters. The molecule has 3 rings (SSSR count). The summed E-state index contributed by atoms with van der Waals surface area (Å²) in [5.41, 5.74) is 5.22. The molecule has 0 unspecified atom stereocenters. The molecule has 1 N–H and O–H groups in total. The van der Waals surface area contributed by atoms with Crippen LogP contribution in [0.2, 0.25) is 10.0 Å². The molecule has 3 aromatic carbocycles. The van der Waals surface area contributed by atoms with Gasteiger partial charge in [-0.25, -0.2) is 4.39 Å². The highest BCUT2D eigenvalue weighted by Gasteiger charge is 2.05. The third-order valence-corrected chi connectivity index (χ3v) is 4.82. The quantitative estimate of drug-likeness (QED) is 0.315. The van der Waals surface area contributed by atoms with Crippen molar-refractivity contribution in [1.82, 2.24) is 0 Å². The molecule has 3 aromatic rings. The summed E-state index contributed by atoms with van der Waals surface area (Å²) in [6, 6.07) is 16.9. The normalized spacial score (nSPS) is 11.0. The first-order valence-electron chi connectivity index (χ1n) is 7.92. The molecule has 0 spiro atoms. The van der Waals surface area contributed by atoms with Crippen LogP contribution in [0.3, 0.4) is 0 Å². The smallest absolute Gasteiger partial charge is 0.128 e. The number of ether oxygens (including phenoxy) is 1. The van der Waals surface area contributed by atoms with E-state index in [0.717, 1.165) is 15.6 Å². The van der Waals surface area contributed by atoms with E-state index in [9.17, 15) is 4.39 Å². The summed E-state index contributed by atoms with van der Waals surface area (Å²) < 4.78 is 19.7. The summed E-state index contributed by atoms with van der Waals surface area (Å²) in [5.74, 6) is 0.364. The van der Waals surface area contributed by atoms with Gasteiger partial charge in [-0.05, 0) is 60.2 Å². The van der Waals surface area contributed by atoms with Crippen molar-refractivity contribution in [2.75, 3.05) is 5.43 Å². The van der Waals surface area contributed by atoms with Crippen molar-refractivity contribution in [2.24, 2.45) is 5.10 Å². The molecule has 0 radical (unpaired) electrons. The number of hydrazone groups is 1. The van der Waals surface area contributed by atoms with Gasteiger partial charge in [0.1, 0.15) is 18.2 Å². The van der Waals surface area contributed by atoms with Crippen molar-refractivity contribution < 1.29 is 9.13 Å². The highest BCUT2D eigenvalue weighted by atomic mass is 79.9. The molecular weight excluding hydrogens is 454 g/mol. The summed E-state index contributed by atoms with van der Waals surface area (Å²) in [5, 5.41) is 5.18. The molecule has 0 aliphatic carbocycles. The van der Waals surface area contributed by atoms with Crippen LogP contribution in [-0.2, 0) is 6.61 Å². The van der Waals surface area contributed by atoms with Crippen molar-refractivity contribution in [1.29, 1.82) is 0 Å². The second-order valence-electron chi connectivity index (χ2n) is 5.60. The largest absolute Gasteiger partial charge is 0.488 e. The van der Waals surface area contributed by atoms with E-state index >= 15 is 0 Å². The van der Waals surface area contributed by atoms with Crippen LogP contribution >= 0.6 is 39.1 Å². The molecule has 0 fully saturated rings. The average Bonchev–Trinajstić information content (AvgIpc) is 2.65. The van der Waals surface area contributed by atoms with E-state index in [2.05, 4.69) is 26.5 Å². The van der Waals surface area contributed by atoms with E-state index in [4.69, 9.17) is 27.9 Å². The van der Waals surface area contributed by atoms with Gasteiger partial charge >= 0.3 is 0 Å². The fourth-order valence-electron chi connectivity index (χ4n) is 2.24. The number of rotatable bonds is 6. The van der Waals surface area contributed by atoms with Gasteiger partial charge in [0.25, 0.3) is 0 Å². The fraction of sp³-hybridized carbons (Fsp3) is 0.0500. The Morgan fingerprint density at radius 1 is 1.00 bits per heavy atom. The Bertz CT molecular complexity index is 965. The molecule has 0 aliphatic rings. The summed E-state index contributed by atoms with van der Waals surface area (Å²) in [4.78, 5) is 0. The van der Waals surface area contributed by atoms with Crippen LogP contribution in [0.25, 0.3) is 0 Å². The van der Waals surface area contributed by atoms with Crippen LogP contribution in [0.4, 0.5) is 10.1 Å². The van der Waals surface area contributed by atoms with Crippen molar-refractivity contribution in [3.05, 3.63) is 92.1 Å². The van der Waals surface area contributed by atoms with Crippen LogP contribution in [0.1, 0.15) is 11.1 Å². The van der Waals surface area contributed by atoms with Crippen molar-refractivity contribution >= 4 is 51.0 Å². The minimum Gasteiger partial charge on any atom is -0.488 e. The molecule has 7 heteroatoms. The molecule has 27 heavy (non-hydrogen) atoms. The lowest BCUT2D eigenvalue weighted by Gasteiger charge is -2.10. The topological polar surface area (TPSA) is 33.6 Å². The minimum atomic E-state index is -0.297. The van der Waals surface area contributed by atoms with Gasteiger partial charge in [0, 0.05) is 10.0 Å². The first kappa shape index (κ1) is 19.7. The summed E-state index contributed by atoms with van der Waals surface area (Å²) >= 11 is 15.4. The van der Waals surface area contributed by atoms with Gasteiger partial charge in [-0.2, -0.15) is 5.10 Å². The lowest BCUT2D eigenvalue weighted by atomic mass is 10.2. The molecule has 138 valence electrons. The zero-order valence-corrected chi connectivity index (χ0v) is 17.0. The lowest BCUT2D eigenvalue weighted by Crippen LogP contribution is -1.99. The van der Waals surface area contributed by atoms with Crippen molar-refractivity contribution in [3.63, 3.8) is 0 Å². The molecule has 0 heterocycles. The van der Waals surface area contributed by atoms with Gasteiger partial charge in [0.2, 0.25) is 0 Å². The Kier molecular flexibility index (Phi) is 6.72. The van der Waals surface area contributed by atoms with Crippen LogP contribution in [0.5, 0.6) is 5.75 Å². The van der Waals surface area contributed by atoms with E-state index in [1.165, 1.54) is 12.1 Å². The molecule has 0 aliphatic heterocycles. The fourth-order valence-corrected chi connectivity index (χ4v) is 2.94. The second-order valence-corrected chi connectivity index (χ2v) is 7.33. The predicted octanol–water partition coefficient (Wildman–Crippen LogP) is 6.92. The zero-order valence-electron chi connectivity index (χ0n) is 13.9. The van der Waals surface area contributed by atoms with Crippen LogP contribution < -0.4 is 10.2 Å². The minimum absolute atomic E-state index is 0.297. The van der Waals surface area contributed by atoms with Gasteiger partial charge in [0.15, 0.2) is 0 Å². The average molecular weight is 468 g/mol. The summed E-state index contributed by atoms with van der Waals surface area (Å²) in [6.07, 6.45) is 1.64. The molecule has 0 saturated carbocycles. The first-order valence-corrected chi connectivity index (χ1v) is 9.47. The van der Waals surface area contributed by atoms with Crippen LogP contribution in [0.15, 0.2) is 70.2 Å². The van der Waals surface area contributed by atoms with Crippen LogP contribution in [0, 0.1) is 5.82 Å². The van der Waals surface area contributed by atoms with E-state index in [-0.39, 0.29) is 5.82 Å². The summed E-state index contributed by atoms with van der Waals surface area (Å²) in [7, 11) is 0. The molecule has 0 saturated heterocycles. The maximum atomic E-state index is 12.9. The Morgan fingerprint density at radius 2 is 1.78 bits per heavy atom. The Morgan fingerprint density at radius 3 is 2.52 bits per heavy atom. The maximum Gasteiger partial charge on any atom is 0.128 e. The van der Waals surface area contributed by atoms with Crippen LogP contribution in [-0.4, -0.2) is 6.21 Å². The standard InChI is InChI=1S/C20H14BrCl2FN2O/c21-15-2-8-20(27-12-13-1-7-18(22)19(23)9-13)14(10-15)11-25-26-17-5-3-16(24)4-6-17/h1-11,26H,12H2. The Balaban J connectivity index is 1.71. The monoisotopic (exact) mass is 466 g/mol. The van der Waals surface area contributed by atoms with Crippen molar-refractivity contribution in [3.8, 4) is 5.75 Å². The summed E-state index contributed by atoms with van der Waals surface area (Å²) in [6.45, 7) is 0.338. The zero-order chi connectivity index (χ0) is 19.2. The number of nitrogens with one attached hydrogen (secondary N) is 1. The number of nitrogens with zero attached hydrogens (tertiary/aromatic N) is 1. The van der Waals surface area contributed by atoms with Gasteiger partial charge in [-0.1, -0.05) is 45.2 Å². The van der Waals surface area contributed by atoms with E-state index in [1.54, 1.807) is 30.5 Å². The highest BCUT2D eigenvalue weighted by Crippen LogP contribution is 2.25. The first-order chi connectivity index (χ1) is 13.0. The van der Waals surface area contributed by atoms with Gasteiger partial charge < -0.3 is 4.74 Å². The third kappa shape index (κ3) is 5.70. The lowest BCUT2D eigenvalue weighted by molar-refractivity contribution is 0.306. The van der Waals surface area contributed by atoms with Gasteiger partial charge in [-0.3, -0.25) is 5.43 Å². The van der Waals surface area contributed by atoms with Crippen molar-refractivity contribution in [2.45, 2.75) is 6.61 Å². The van der Waals surface area contributed by atoms with E-state index in [1.807, 2.05) is 24.3 Å². The third-order valence-electron chi connectivity index (χ3n) is 3.59. The van der Waals surface area contributed by atoms with E-state index < -0.39 is 0 Å². The maximum absolute atomic E-state index is 12.9. The number of benzene rings is 3. The predicted molar refractivity (Wildman–Crippen MR) is 113 cm³/mol. The SMILES string of the molecule is Fc1ccc(NN=Cc2cc(Br)ccc2OCc2ccc(Cl)c(Cl)c2)cc1. The molecule has 3 nitrogen and oxygen atoms in total. The second kappa shape index (κ2) is 9.22. The molecule has 0 amide bonds.